The van der Waals surface area contributed by atoms with Crippen molar-refractivity contribution in [3.05, 3.63) is 23.9 Å². The Labute approximate surface area is 117 Å². The van der Waals surface area contributed by atoms with Gasteiger partial charge in [-0.3, -0.25) is 0 Å². The standard InChI is InChI=1S/C12H18N2O5S/c1-3-12(2,6-7-15)14-20(18,19)10-5-4-9(8-13-10)11(16)17/h4-5,8,14-15H,3,6-7H2,1-2H3,(H,16,17). The number of aliphatic hydroxyl groups excluding tert-OH is 1. The summed E-state index contributed by atoms with van der Waals surface area (Å²) in [5.41, 5.74) is -0.863. The minimum Gasteiger partial charge on any atom is -0.478 e. The minimum atomic E-state index is -3.86. The summed E-state index contributed by atoms with van der Waals surface area (Å²) in [5.74, 6) is -1.17. The molecule has 0 aliphatic carbocycles. The van der Waals surface area contributed by atoms with E-state index >= 15 is 0 Å². The Morgan fingerprint density at radius 3 is 2.50 bits per heavy atom. The van der Waals surface area contributed by atoms with Crippen molar-refractivity contribution in [3.8, 4) is 0 Å². The van der Waals surface area contributed by atoms with Gasteiger partial charge in [0.15, 0.2) is 5.03 Å². The van der Waals surface area contributed by atoms with E-state index in [9.17, 15) is 13.2 Å². The fourth-order valence-electron chi connectivity index (χ4n) is 1.59. The average molecular weight is 302 g/mol. The smallest absolute Gasteiger partial charge is 0.337 e. The SMILES string of the molecule is CCC(C)(CCO)NS(=O)(=O)c1ccc(C(=O)O)cn1. The predicted octanol–water partition coefficient (Wildman–Crippen LogP) is 0.609. The molecule has 0 aromatic carbocycles. The number of aromatic carboxylic acids is 1. The lowest BCUT2D eigenvalue weighted by Crippen LogP contribution is -2.46. The van der Waals surface area contributed by atoms with Gasteiger partial charge in [0.25, 0.3) is 10.0 Å². The number of pyridine rings is 1. The topological polar surface area (TPSA) is 117 Å². The van der Waals surface area contributed by atoms with Gasteiger partial charge in [-0.15, -0.1) is 0 Å². The zero-order valence-corrected chi connectivity index (χ0v) is 12.1. The summed E-state index contributed by atoms with van der Waals surface area (Å²) in [5, 5.41) is 17.5. The minimum absolute atomic E-state index is 0.0856. The van der Waals surface area contributed by atoms with E-state index in [4.69, 9.17) is 10.2 Å². The van der Waals surface area contributed by atoms with E-state index in [1.165, 1.54) is 6.07 Å². The number of aromatic nitrogens is 1. The third-order valence-corrected chi connectivity index (χ3v) is 4.64. The molecule has 1 aromatic rings. The zero-order valence-electron chi connectivity index (χ0n) is 11.3. The monoisotopic (exact) mass is 302 g/mol. The van der Waals surface area contributed by atoms with Crippen LogP contribution in [0.2, 0.25) is 0 Å². The van der Waals surface area contributed by atoms with Crippen LogP contribution < -0.4 is 4.72 Å². The molecule has 0 amide bonds. The van der Waals surface area contributed by atoms with Crippen molar-refractivity contribution in [2.45, 2.75) is 37.3 Å². The van der Waals surface area contributed by atoms with Crippen LogP contribution in [-0.4, -0.2) is 41.7 Å². The number of nitrogens with zero attached hydrogens (tertiary/aromatic N) is 1. The molecule has 0 saturated carbocycles. The summed E-state index contributed by atoms with van der Waals surface area (Å²) < 4.78 is 26.8. The highest BCUT2D eigenvalue weighted by atomic mass is 32.2. The highest BCUT2D eigenvalue weighted by Crippen LogP contribution is 2.18. The van der Waals surface area contributed by atoms with E-state index in [1.807, 2.05) is 0 Å². The second-order valence-electron chi connectivity index (χ2n) is 4.68. The lowest BCUT2D eigenvalue weighted by molar-refractivity contribution is 0.0696. The van der Waals surface area contributed by atoms with Crippen LogP contribution in [0.3, 0.4) is 0 Å². The summed E-state index contributed by atoms with van der Waals surface area (Å²) >= 11 is 0. The Hall–Kier alpha value is -1.51. The highest BCUT2D eigenvalue weighted by molar-refractivity contribution is 7.89. The Bertz CT molecular complexity index is 570. The molecule has 0 saturated heterocycles. The Balaban J connectivity index is 3.01. The van der Waals surface area contributed by atoms with E-state index < -0.39 is 21.5 Å². The van der Waals surface area contributed by atoms with Crippen molar-refractivity contribution in [1.29, 1.82) is 0 Å². The fraction of sp³-hybridized carbons (Fsp3) is 0.500. The van der Waals surface area contributed by atoms with Crippen molar-refractivity contribution in [2.75, 3.05) is 6.61 Å². The summed E-state index contributed by atoms with van der Waals surface area (Å²) in [7, 11) is -3.86. The van der Waals surface area contributed by atoms with Gasteiger partial charge < -0.3 is 10.2 Å². The average Bonchev–Trinajstić information content (AvgIpc) is 2.38. The van der Waals surface area contributed by atoms with Crippen LogP contribution in [-0.2, 0) is 10.0 Å². The number of carbonyl (C=O) groups is 1. The third kappa shape index (κ3) is 3.99. The fourth-order valence-corrected chi connectivity index (χ4v) is 3.03. The normalized spacial score (nSPS) is 14.8. The molecule has 3 N–H and O–H groups in total. The van der Waals surface area contributed by atoms with Crippen LogP contribution in [0.15, 0.2) is 23.4 Å². The van der Waals surface area contributed by atoms with Crippen molar-refractivity contribution >= 4 is 16.0 Å². The van der Waals surface area contributed by atoms with Crippen LogP contribution in [0.4, 0.5) is 0 Å². The maximum Gasteiger partial charge on any atom is 0.337 e. The molecule has 8 heteroatoms. The maximum atomic E-state index is 12.2. The first-order valence-electron chi connectivity index (χ1n) is 6.08. The maximum absolute atomic E-state index is 12.2. The van der Waals surface area contributed by atoms with Gasteiger partial charge >= 0.3 is 5.97 Å². The summed E-state index contributed by atoms with van der Waals surface area (Å²) in [4.78, 5) is 14.3. The first-order chi connectivity index (χ1) is 9.24. The number of hydrogen-bond acceptors (Lipinski definition) is 5. The van der Waals surface area contributed by atoms with Crippen LogP contribution >= 0.6 is 0 Å². The molecule has 0 aliphatic rings. The number of carboxylic acid groups (broad SMARTS) is 1. The Morgan fingerprint density at radius 2 is 2.10 bits per heavy atom. The molecule has 0 aliphatic heterocycles. The molecule has 1 rings (SSSR count). The number of hydrogen-bond donors (Lipinski definition) is 3. The van der Waals surface area contributed by atoms with Gasteiger partial charge in [-0.1, -0.05) is 6.92 Å². The van der Waals surface area contributed by atoms with Gasteiger partial charge in [0.1, 0.15) is 0 Å². The molecule has 1 unspecified atom stereocenters. The van der Waals surface area contributed by atoms with Crippen molar-refractivity contribution in [2.24, 2.45) is 0 Å². The van der Waals surface area contributed by atoms with Crippen molar-refractivity contribution < 1.29 is 23.4 Å². The van der Waals surface area contributed by atoms with Crippen molar-refractivity contribution in [1.82, 2.24) is 9.71 Å². The highest BCUT2D eigenvalue weighted by Gasteiger charge is 2.29. The van der Waals surface area contributed by atoms with E-state index in [2.05, 4.69) is 9.71 Å². The first-order valence-corrected chi connectivity index (χ1v) is 7.56. The molecule has 112 valence electrons. The van der Waals surface area contributed by atoms with Crippen LogP contribution in [0, 0.1) is 0 Å². The van der Waals surface area contributed by atoms with Crippen molar-refractivity contribution in [3.63, 3.8) is 0 Å². The Morgan fingerprint density at radius 1 is 1.45 bits per heavy atom. The second-order valence-corrected chi connectivity index (χ2v) is 6.31. The van der Waals surface area contributed by atoms with E-state index in [1.54, 1.807) is 13.8 Å². The summed E-state index contributed by atoms with van der Waals surface area (Å²) in [6.07, 6.45) is 1.77. The molecule has 0 fully saturated rings. The third-order valence-electron chi connectivity index (χ3n) is 3.08. The van der Waals surface area contributed by atoms with E-state index in [0.29, 0.717) is 6.42 Å². The largest absolute Gasteiger partial charge is 0.478 e. The lowest BCUT2D eigenvalue weighted by atomic mass is 9.97. The Kier molecular flexibility index (Phi) is 5.21. The lowest BCUT2D eigenvalue weighted by Gasteiger charge is -2.28. The quantitative estimate of drug-likeness (QED) is 0.679. The van der Waals surface area contributed by atoms with Gasteiger partial charge in [-0.25, -0.2) is 22.9 Å². The van der Waals surface area contributed by atoms with Crippen LogP contribution in [0.5, 0.6) is 0 Å². The van der Waals surface area contributed by atoms with E-state index in [0.717, 1.165) is 12.3 Å². The molecular weight excluding hydrogens is 284 g/mol. The van der Waals surface area contributed by atoms with Crippen LogP contribution in [0.25, 0.3) is 0 Å². The number of rotatable bonds is 7. The molecular formula is C12H18N2O5S. The number of sulfonamides is 1. The van der Waals surface area contributed by atoms with E-state index in [-0.39, 0.29) is 23.6 Å². The predicted molar refractivity (Wildman–Crippen MR) is 71.9 cm³/mol. The number of nitrogens with one attached hydrogen (secondary N) is 1. The molecule has 7 nitrogen and oxygen atoms in total. The van der Waals surface area contributed by atoms with Gasteiger partial charge in [-0.2, -0.15) is 0 Å². The molecule has 0 bridgehead atoms. The summed E-state index contributed by atoms with van der Waals surface area (Å²) in [6.45, 7) is 3.35. The van der Waals surface area contributed by atoms with Gasteiger partial charge in [-0.05, 0) is 31.9 Å². The molecule has 1 atom stereocenters. The molecule has 1 aromatic heterocycles. The number of aliphatic hydroxyl groups is 1. The first kappa shape index (κ1) is 16.5. The van der Waals surface area contributed by atoms with Gasteiger partial charge in [0.05, 0.1) is 5.56 Å². The second kappa shape index (κ2) is 6.29. The van der Waals surface area contributed by atoms with Crippen LogP contribution in [0.1, 0.15) is 37.0 Å². The molecule has 0 radical (unpaired) electrons. The zero-order chi connectivity index (χ0) is 15.4. The van der Waals surface area contributed by atoms with Gasteiger partial charge in [0.2, 0.25) is 0 Å². The molecule has 0 spiro atoms. The summed E-state index contributed by atoms with van der Waals surface area (Å²) in [6, 6.07) is 2.32. The van der Waals surface area contributed by atoms with Gasteiger partial charge in [0, 0.05) is 18.3 Å². The molecule has 20 heavy (non-hydrogen) atoms. The molecule has 1 heterocycles. The number of carboxylic acids is 1.